The van der Waals surface area contributed by atoms with Gasteiger partial charge in [0.25, 0.3) is 0 Å². The number of rotatable bonds is 6. The Hall–Kier alpha value is -0.640. The number of carbonyl (C=O) groups excluding carboxylic acids is 1. The number of hydrogen-bond acceptors (Lipinski definition) is 2. The minimum atomic E-state index is -0.594. The molecule has 2 N–H and O–H groups in total. The molecule has 1 rings (SSSR count). The van der Waals surface area contributed by atoms with Gasteiger partial charge in [0, 0.05) is 13.1 Å². The lowest BCUT2D eigenvalue weighted by Gasteiger charge is -2.35. The average Bonchev–Trinajstić information content (AvgIpc) is 2.74. The van der Waals surface area contributed by atoms with Crippen LogP contribution in [0.2, 0.25) is 0 Å². The smallest absolute Gasteiger partial charge is 0.235 e. The lowest BCUT2D eigenvalue weighted by molar-refractivity contribution is -0.138. The van der Waals surface area contributed by atoms with Gasteiger partial charge in [-0.1, -0.05) is 45.8 Å². The van der Waals surface area contributed by atoms with Gasteiger partial charge in [-0.2, -0.15) is 0 Å². The first-order valence-corrected chi connectivity index (χ1v) is 7.48. The molecular weight excluding hydrogens is 244 g/mol. The Labute approximate surface area is 116 Å². The SMILES string of the molecule is CCCC(CCC)(C(=O)N1CCC(C)C1)C(N)=S. The molecule has 0 spiro atoms. The molecule has 1 aliphatic heterocycles. The first-order chi connectivity index (χ1) is 8.47. The van der Waals surface area contributed by atoms with Crippen LogP contribution in [-0.2, 0) is 4.79 Å². The van der Waals surface area contributed by atoms with E-state index in [0.29, 0.717) is 10.9 Å². The predicted molar refractivity (Wildman–Crippen MR) is 79.4 cm³/mol. The van der Waals surface area contributed by atoms with Crippen molar-refractivity contribution in [2.45, 2.75) is 52.9 Å². The topological polar surface area (TPSA) is 46.3 Å². The molecule has 1 heterocycles. The van der Waals surface area contributed by atoms with E-state index >= 15 is 0 Å². The van der Waals surface area contributed by atoms with Crippen LogP contribution in [0.3, 0.4) is 0 Å². The molecule has 0 radical (unpaired) electrons. The van der Waals surface area contributed by atoms with Gasteiger partial charge in [-0.15, -0.1) is 0 Å². The summed E-state index contributed by atoms with van der Waals surface area (Å²) < 4.78 is 0. The van der Waals surface area contributed by atoms with Gasteiger partial charge in [0.05, 0.1) is 10.4 Å². The lowest BCUT2D eigenvalue weighted by atomic mass is 9.77. The molecule has 104 valence electrons. The Morgan fingerprint density at radius 1 is 1.39 bits per heavy atom. The van der Waals surface area contributed by atoms with Crippen LogP contribution in [0, 0.1) is 11.3 Å². The van der Waals surface area contributed by atoms with Crippen LogP contribution >= 0.6 is 12.2 Å². The maximum absolute atomic E-state index is 12.8. The Balaban J connectivity index is 2.93. The number of nitrogens with two attached hydrogens (primary N) is 1. The van der Waals surface area contributed by atoms with Crippen molar-refractivity contribution in [3.63, 3.8) is 0 Å². The first kappa shape index (κ1) is 15.4. The van der Waals surface area contributed by atoms with Gasteiger partial charge in [0.2, 0.25) is 5.91 Å². The molecule has 0 aromatic rings. The normalized spacial score (nSPS) is 20.2. The standard InChI is InChI=1S/C14H26N2OS/c1-4-7-14(8-5-2,12(15)18)13(17)16-9-6-11(3)10-16/h11H,4-10H2,1-3H3,(H2,15,18). The molecule has 18 heavy (non-hydrogen) atoms. The van der Waals surface area contributed by atoms with E-state index in [4.69, 9.17) is 18.0 Å². The first-order valence-electron chi connectivity index (χ1n) is 7.07. The van der Waals surface area contributed by atoms with Crippen molar-refractivity contribution in [1.29, 1.82) is 0 Å². The van der Waals surface area contributed by atoms with Gasteiger partial charge >= 0.3 is 0 Å². The zero-order chi connectivity index (χ0) is 13.8. The summed E-state index contributed by atoms with van der Waals surface area (Å²) in [6, 6.07) is 0. The summed E-state index contributed by atoms with van der Waals surface area (Å²) in [5, 5.41) is 0. The van der Waals surface area contributed by atoms with Gasteiger partial charge < -0.3 is 10.6 Å². The zero-order valence-corrected chi connectivity index (χ0v) is 12.7. The molecule has 0 aliphatic carbocycles. The van der Waals surface area contributed by atoms with E-state index in [-0.39, 0.29) is 5.91 Å². The maximum Gasteiger partial charge on any atom is 0.235 e. The van der Waals surface area contributed by atoms with Gasteiger partial charge in [-0.05, 0) is 25.2 Å². The summed E-state index contributed by atoms with van der Waals surface area (Å²) in [5.74, 6) is 0.768. The van der Waals surface area contributed by atoms with Gasteiger partial charge in [-0.25, -0.2) is 0 Å². The van der Waals surface area contributed by atoms with Gasteiger partial charge in [0.15, 0.2) is 0 Å². The van der Waals surface area contributed by atoms with E-state index in [0.717, 1.165) is 45.2 Å². The van der Waals surface area contributed by atoms with E-state index in [1.807, 2.05) is 4.90 Å². The molecule has 0 aromatic carbocycles. The molecule has 0 saturated carbocycles. The zero-order valence-electron chi connectivity index (χ0n) is 11.9. The monoisotopic (exact) mass is 270 g/mol. The van der Waals surface area contributed by atoms with Gasteiger partial charge in [0.1, 0.15) is 0 Å². The Morgan fingerprint density at radius 3 is 2.28 bits per heavy atom. The summed E-state index contributed by atoms with van der Waals surface area (Å²) >= 11 is 5.23. The molecule has 0 bridgehead atoms. The van der Waals surface area contributed by atoms with Crippen molar-refractivity contribution in [3.05, 3.63) is 0 Å². The maximum atomic E-state index is 12.8. The van der Waals surface area contributed by atoms with E-state index in [1.54, 1.807) is 0 Å². The van der Waals surface area contributed by atoms with Crippen LogP contribution in [0.15, 0.2) is 0 Å². The summed E-state index contributed by atoms with van der Waals surface area (Å²) in [6.07, 6.45) is 4.52. The molecular formula is C14H26N2OS. The Morgan fingerprint density at radius 2 is 1.94 bits per heavy atom. The van der Waals surface area contributed by atoms with Crippen molar-refractivity contribution in [1.82, 2.24) is 4.90 Å². The van der Waals surface area contributed by atoms with Crippen molar-refractivity contribution in [2.75, 3.05) is 13.1 Å². The highest BCUT2D eigenvalue weighted by atomic mass is 32.1. The molecule has 1 amide bonds. The summed E-state index contributed by atoms with van der Waals surface area (Å²) in [7, 11) is 0. The fourth-order valence-electron chi connectivity index (χ4n) is 2.97. The van der Waals surface area contributed by atoms with Crippen LogP contribution < -0.4 is 5.73 Å². The molecule has 3 nitrogen and oxygen atoms in total. The van der Waals surface area contributed by atoms with Crippen LogP contribution in [-0.4, -0.2) is 28.9 Å². The van der Waals surface area contributed by atoms with Crippen molar-refractivity contribution >= 4 is 23.1 Å². The van der Waals surface area contributed by atoms with Crippen LogP contribution in [0.4, 0.5) is 0 Å². The van der Waals surface area contributed by atoms with Crippen LogP contribution in [0.5, 0.6) is 0 Å². The molecule has 0 aromatic heterocycles. The fourth-order valence-corrected chi connectivity index (χ4v) is 3.26. The number of carbonyl (C=O) groups is 1. The predicted octanol–water partition coefficient (Wildman–Crippen LogP) is 2.73. The second kappa shape index (κ2) is 6.50. The summed E-state index contributed by atoms with van der Waals surface area (Å²) in [5.41, 5.74) is 5.34. The van der Waals surface area contributed by atoms with Gasteiger partial charge in [-0.3, -0.25) is 4.79 Å². The Kier molecular flexibility index (Phi) is 5.57. The minimum absolute atomic E-state index is 0.169. The highest BCUT2D eigenvalue weighted by molar-refractivity contribution is 7.80. The molecule has 1 unspecified atom stereocenters. The number of likely N-dealkylation sites (tertiary alicyclic amines) is 1. The summed E-state index contributed by atoms with van der Waals surface area (Å²) in [6.45, 7) is 8.08. The number of hydrogen-bond donors (Lipinski definition) is 1. The largest absolute Gasteiger partial charge is 0.392 e. The van der Waals surface area contributed by atoms with E-state index in [2.05, 4.69) is 20.8 Å². The number of amides is 1. The third kappa shape index (κ3) is 3.02. The van der Waals surface area contributed by atoms with E-state index in [9.17, 15) is 4.79 Å². The molecule has 1 atom stereocenters. The number of nitrogens with zero attached hydrogens (tertiary/aromatic N) is 1. The average molecular weight is 270 g/mol. The third-order valence-electron chi connectivity index (χ3n) is 3.95. The molecule has 1 aliphatic rings. The highest BCUT2D eigenvalue weighted by Gasteiger charge is 2.43. The van der Waals surface area contributed by atoms with Crippen LogP contribution in [0.1, 0.15) is 52.9 Å². The minimum Gasteiger partial charge on any atom is -0.392 e. The lowest BCUT2D eigenvalue weighted by Crippen LogP contribution is -2.50. The Bertz CT molecular complexity index is 311. The van der Waals surface area contributed by atoms with E-state index < -0.39 is 5.41 Å². The molecule has 1 saturated heterocycles. The fraction of sp³-hybridized carbons (Fsp3) is 0.857. The van der Waals surface area contributed by atoms with Crippen molar-refractivity contribution < 1.29 is 4.79 Å². The molecule has 1 fully saturated rings. The molecule has 4 heteroatoms. The third-order valence-corrected chi connectivity index (χ3v) is 4.34. The second-order valence-electron chi connectivity index (χ2n) is 5.59. The van der Waals surface area contributed by atoms with Crippen LogP contribution in [0.25, 0.3) is 0 Å². The highest BCUT2D eigenvalue weighted by Crippen LogP contribution is 2.34. The van der Waals surface area contributed by atoms with Crippen molar-refractivity contribution in [3.8, 4) is 0 Å². The second-order valence-corrected chi connectivity index (χ2v) is 6.03. The van der Waals surface area contributed by atoms with E-state index in [1.165, 1.54) is 0 Å². The van der Waals surface area contributed by atoms with Crippen molar-refractivity contribution in [2.24, 2.45) is 17.1 Å². The quantitative estimate of drug-likeness (QED) is 0.755. The summed E-state index contributed by atoms with van der Waals surface area (Å²) in [4.78, 5) is 15.1. The number of thiocarbonyl (C=S) groups is 1.